The van der Waals surface area contributed by atoms with Crippen molar-refractivity contribution in [3.8, 4) is 11.3 Å². The van der Waals surface area contributed by atoms with E-state index in [2.05, 4.69) is 44.6 Å². The van der Waals surface area contributed by atoms with E-state index >= 15 is 0 Å². The van der Waals surface area contributed by atoms with E-state index in [-0.39, 0.29) is 0 Å². The van der Waals surface area contributed by atoms with E-state index in [1.54, 1.807) is 0 Å². The molecule has 5 rings (SSSR count). The Morgan fingerprint density at radius 2 is 1.50 bits per heavy atom. The van der Waals surface area contributed by atoms with Crippen molar-refractivity contribution < 1.29 is 0 Å². The molecule has 0 spiro atoms. The van der Waals surface area contributed by atoms with Crippen LogP contribution < -0.4 is 9.80 Å². The van der Waals surface area contributed by atoms with E-state index in [1.807, 2.05) is 12.4 Å². The van der Waals surface area contributed by atoms with Gasteiger partial charge in [-0.25, -0.2) is 0 Å². The number of fused-ring (bicyclic) bond motifs is 1. The van der Waals surface area contributed by atoms with Crippen molar-refractivity contribution >= 4 is 22.8 Å². The van der Waals surface area contributed by atoms with Gasteiger partial charge in [0, 0.05) is 51.2 Å². The first kappa shape index (κ1) is 15.6. The molecule has 6 nitrogen and oxygen atoms in total. The largest absolute Gasteiger partial charge is 0.356 e. The van der Waals surface area contributed by atoms with E-state index in [9.17, 15) is 0 Å². The van der Waals surface area contributed by atoms with Crippen LogP contribution in [0.5, 0.6) is 0 Å². The molecule has 0 amide bonds. The number of hydrogen-bond donors (Lipinski definition) is 0. The Morgan fingerprint density at radius 3 is 2.19 bits per heavy atom. The zero-order valence-corrected chi connectivity index (χ0v) is 15.2. The molecule has 134 valence electrons. The van der Waals surface area contributed by atoms with Gasteiger partial charge in [-0.05, 0) is 43.9 Å². The molecule has 0 radical (unpaired) electrons. The quantitative estimate of drug-likeness (QED) is 0.727. The minimum absolute atomic E-state index is 0.888. The first-order chi connectivity index (χ1) is 12.8. The van der Waals surface area contributed by atoms with Crippen molar-refractivity contribution in [3.63, 3.8) is 0 Å². The van der Waals surface area contributed by atoms with Crippen LogP contribution in [0.15, 0.2) is 30.6 Å². The van der Waals surface area contributed by atoms with Gasteiger partial charge in [-0.2, -0.15) is 9.97 Å². The van der Waals surface area contributed by atoms with Gasteiger partial charge in [0.05, 0.1) is 11.1 Å². The van der Waals surface area contributed by atoms with Crippen LogP contribution in [0.3, 0.4) is 0 Å². The minimum atomic E-state index is 0.888. The Hall–Kier alpha value is -2.63. The molecule has 0 saturated carbocycles. The van der Waals surface area contributed by atoms with Gasteiger partial charge >= 0.3 is 0 Å². The Labute approximate surface area is 153 Å². The lowest BCUT2D eigenvalue weighted by Gasteiger charge is -2.21. The third kappa shape index (κ3) is 2.52. The van der Waals surface area contributed by atoms with E-state index in [0.717, 1.165) is 60.2 Å². The molecule has 2 fully saturated rings. The van der Waals surface area contributed by atoms with Crippen molar-refractivity contribution in [1.82, 2.24) is 19.5 Å². The van der Waals surface area contributed by atoms with Crippen molar-refractivity contribution in [2.45, 2.75) is 25.7 Å². The normalized spacial score (nSPS) is 17.6. The second-order valence-corrected chi connectivity index (χ2v) is 7.30. The summed E-state index contributed by atoms with van der Waals surface area (Å²) in [4.78, 5) is 18.9. The van der Waals surface area contributed by atoms with Crippen molar-refractivity contribution in [2.24, 2.45) is 7.05 Å². The molecule has 0 N–H and O–H groups in total. The zero-order chi connectivity index (χ0) is 17.5. The van der Waals surface area contributed by atoms with Crippen LogP contribution >= 0.6 is 0 Å². The summed E-state index contributed by atoms with van der Waals surface area (Å²) in [5.74, 6) is 1.99. The Kier molecular flexibility index (Phi) is 3.76. The predicted octanol–water partition coefficient (Wildman–Crippen LogP) is 3.23. The van der Waals surface area contributed by atoms with Crippen molar-refractivity contribution in [2.75, 3.05) is 36.0 Å². The highest BCUT2D eigenvalue weighted by Crippen LogP contribution is 2.34. The summed E-state index contributed by atoms with van der Waals surface area (Å²) in [6.45, 7) is 4.30. The predicted molar refractivity (Wildman–Crippen MR) is 105 cm³/mol. The van der Waals surface area contributed by atoms with E-state index < -0.39 is 0 Å². The number of rotatable bonds is 3. The second kappa shape index (κ2) is 6.27. The first-order valence-electron chi connectivity index (χ1n) is 9.59. The SMILES string of the molecule is Cn1c(-c2ccncc2)cc2c(N3CCCC3)nc(N3CCCC3)nc21. The smallest absolute Gasteiger partial charge is 0.229 e. The summed E-state index contributed by atoms with van der Waals surface area (Å²) in [5, 5.41) is 1.16. The number of nitrogens with zero attached hydrogens (tertiary/aromatic N) is 6. The lowest BCUT2D eigenvalue weighted by atomic mass is 10.2. The van der Waals surface area contributed by atoms with Crippen LogP contribution in [0, 0.1) is 0 Å². The molecule has 26 heavy (non-hydrogen) atoms. The monoisotopic (exact) mass is 348 g/mol. The topological polar surface area (TPSA) is 50.1 Å². The van der Waals surface area contributed by atoms with Crippen LogP contribution in [0.1, 0.15) is 25.7 Å². The number of anilines is 2. The molecule has 0 aromatic carbocycles. The maximum absolute atomic E-state index is 5.03. The summed E-state index contributed by atoms with van der Waals surface area (Å²) in [6.07, 6.45) is 8.64. The highest BCUT2D eigenvalue weighted by atomic mass is 15.3. The number of aromatic nitrogens is 4. The van der Waals surface area contributed by atoms with Gasteiger partial charge < -0.3 is 14.4 Å². The number of aryl methyl sites for hydroxylation is 1. The summed E-state index contributed by atoms with van der Waals surface area (Å²) in [6, 6.07) is 6.35. The molecular formula is C20H24N6. The summed E-state index contributed by atoms with van der Waals surface area (Å²) >= 11 is 0. The van der Waals surface area contributed by atoms with Gasteiger partial charge in [0.1, 0.15) is 11.5 Å². The zero-order valence-electron chi connectivity index (χ0n) is 15.2. The maximum Gasteiger partial charge on any atom is 0.229 e. The fraction of sp³-hybridized carbons (Fsp3) is 0.450. The Bertz CT molecular complexity index is 920. The molecule has 5 heterocycles. The molecular weight excluding hydrogens is 324 g/mol. The molecule has 6 heteroatoms. The van der Waals surface area contributed by atoms with Gasteiger partial charge in [-0.1, -0.05) is 0 Å². The highest BCUT2D eigenvalue weighted by Gasteiger charge is 2.24. The molecule has 3 aromatic heterocycles. The fourth-order valence-corrected chi connectivity index (χ4v) is 4.20. The first-order valence-corrected chi connectivity index (χ1v) is 9.59. The highest BCUT2D eigenvalue weighted by molar-refractivity contribution is 5.93. The van der Waals surface area contributed by atoms with Gasteiger partial charge in [0.15, 0.2) is 0 Å². The van der Waals surface area contributed by atoms with Gasteiger partial charge in [0.2, 0.25) is 5.95 Å². The standard InChI is InChI=1S/C20H24N6/c1-24-17(15-6-8-21-9-7-15)14-16-18(24)22-20(26-12-4-5-13-26)23-19(16)25-10-2-3-11-25/h6-9,14H,2-5,10-13H2,1H3. The fourth-order valence-electron chi connectivity index (χ4n) is 4.20. The van der Waals surface area contributed by atoms with Crippen molar-refractivity contribution in [3.05, 3.63) is 30.6 Å². The average Bonchev–Trinajstić information content (AvgIpc) is 3.44. The molecule has 2 saturated heterocycles. The van der Waals surface area contributed by atoms with Crippen molar-refractivity contribution in [1.29, 1.82) is 0 Å². The third-order valence-corrected chi connectivity index (χ3v) is 5.62. The van der Waals surface area contributed by atoms with Crippen LogP contribution in [-0.4, -0.2) is 45.7 Å². The number of pyridine rings is 1. The van der Waals surface area contributed by atoms with E-state index in [1.165, 1.54) is 25.7 Å². The lowest BCUT2D eigenvalue weighted by molar-refractivity contribution is 0.870. The van der Waals surface area contributed by atoms with Gasteiger partial charge in [-0.15, -0.1) is 0 Å². The average molecular weight is 348 g/mol. The molecule has 3 aromatic rings. The van der Waals surface area contributed by atoms with Crippen LogP contribution in [0.25, 0.3) is 22.3 Å². The maximum atomic E-state index is 5.03. The molecule has 2 aliphatic heterocycles. The molecule has 0 aliphatic carbocycles. The Balaban J connectivity index is 1.71. The van der Waals surface area contributed by atoms with E-state index in [4.69, 9.17) is 9.97 Å². The van der Waals surface area contributed by atoms with Gasteiger partial charge in [0.25, 0.3) is 0 Å². The summed E-state index contributed by atoms with van der Waals surface area (Å²) in [7, 11) is 2.10. The molecule has 0 atom stereocenters. The summed E-state index contributed by atoms with van der Waals surface area (Å²) < 4.78 is 2.20. The summed E-state index contributed by atoms with van der Waals surface area (Å²) in [5.41, 5.74) is 3.35. The van der Waals surface area contributed by atoms with E-state index in [0.29, 0.717) is 0 Å². The molecule has 2 aliphatic rings. The van der Waals surface area contributed by atoms with Crippen LogP contribution in [0.4, 0.5) is 11.8 Å². The van der Waals surface area contributed by atoms with Crippen LogP contribution in [-0.2, 0) is 7.05 Å². The number of hydrogen-bond acceptors (Lipinski definition) is 5. The lowest BCUT2D eigenvalue weighted by Crippen LogP contribution is -2.24. The van der Waals surface area contributed by atoms with Crippen LogP contribution in [0.2, 0.25) is 0 Å². The third-order valence-electron chi connectivity index (χ3n) is 5.62. The molecule has 0 bridgehead atoms. The molecule has 0 unspecified atom stereocenters. The van der Waals surface area contributed by atoms with Gasteiger partial charge in [-0.3, -0.25) is 4.98 Å². The Morgan fingerprint density at radius 1 is 0.846 bits per heavy atom. The second-order valence-electron chi connectivity index (χ2n) is 7.30. The minimum Gasteiger partial charge on any atom is -0.356 e.